The van der Waals surface area contributed by atoms with Gasteiger partial charge in [0.1, 0.15) is 0 Å². The van der Waals surface area contributed by atoms with Gasteiger partial charge in [0.15, 0.2) is 0 Å². The van der Waals surface area contributed by atoms with Crippen molar-refractivity contribution in [2.75, 3.05) is 13.1 Å². The second kappa shape index (κ2) is 4.83. The monoisotopic (exact) mass is 329 g/mol. The number of ether oxygens (including phenoxy) is 1. The van der Waals surface area contributed by atoms with Crippen molar-refractivity contribution in [1.82, 2.24) is 4.90 Å². The molecule has 2 atom stereocenters. The van der Waals surface area contributed by atoms with Gasteiger partial charge in [-0.05, 0) is 47.0 Å². The van der Waals surface area contributed by atoms with E-state index in [0.717, 1.165) is 17.3 Å². The number of nitrogens with zero attached hydrogens (tertiary/aromatic N) is 1. The molecular formula is C13H13BrClNO2. The van der Waals surface area contributed by atoms with Crippen LogP contribution in [0.2, 0.25) is 5.02 Å². The smallest absolute Gasteiger partial charge is 0.254 e. The number of fused-ring (bicyclic) bond motifs is 2. The Kier molecular flexibility index (Phi) is 3.34. The van der Waals surface area contributed by atoms with Crippen LogP contribution in [-0.2, 0) is 4.74 Å². The van der Waals surface area contributed by atoms with Crippen LogP contribution in [0.25, 0.3) is 0 Å². The van der Waals surface area contributed by atoms with E-state index in [4.69, 9.17) is 16.3 Å². The van der Waals surface area contributed by atoms with E-state index >= 15 is 0 Å². The van der Waals surface area contributed by atoms with Gasteiger partial charge in [-0.25, -0.2) is 0 Å². The van der Waals surface area contributed by atoms with Crippen molar-refractivity contribution in [3.8, 4) is 0 Å². The second-order valence-corrected chi connectivity index (χ2v) is 6.06. The van der Waals surface area contributed by atoms with Crippen molar-refractivity contribution in [2.45, 2.75) is 25.0 Å². The maximum atomic E-state index is 12.4. The molecule has 96 valence electrons. The Morgan fingerprint density at radius 3 is 2.61 bits per heavy atom. The van der Waals surface area contributed by atoms with E-state index < -0.39 is 0 Å². The summed E-state index contributed by atoms with van der Waals surface area (Å²) in [4.78, 5) is 14.3. The highest BCUT2D eigenvalue weighted by atomic mass is 79.9. The molecule has 2 bridgehead atoms. The highest BCUT2D eigenvalue weighted by Crippen LogP contribution is 2.28. The van der Waals surface area contributed by atoms with Gasteiger partial charge in [-0.2, -0.15) is 0 Å². The van der Waals surface area contributed by atoms with Gasteiger partial charge in [0, 0.05) is 23.1 Å². The van der Waals surface area contributed by atoms with Crippen molar-refractivity contribution < 1.29 is 9.53 Å². The van der Waals surface area contributed by atoms with E-state index in [1.807, 2.05) is 4.90 Å². The van der Waals surface area contributed by atoms with Crippen LogP contribution in [-0.4, -0.2) is 36.1 Å². The molecule has 2 aliphatic rings. The number of amides is 1. The summed E-state index contributed by atoms with van der Waals surface area (Å²) in [5, 5.41) is 0.619. The first-order valence-electron chi connectivity index (χ1n) is 6.03. The summed E-state index contributed by atoms with van der Waals surface area (Å²) in [6, 6.07) is 5.29. The number of morpholine rings is 1. The van der Waals surface area contributed by atoms with Crippen molar-refractivity contribution >= 4 is 33.4 Å². The first-order chi connectivity index (χ1) is 8.63. The summed E-state index contributed by atoms with van der Waals surface area (Å²) in [7, 11) is 0. The van der Waals surface area contributed by atoms with Crippen molar-refractivity contribution in [1.29, 1.82) is 0 Å². The minimum absolute atomic E-state index is 0.0626. The number of likely N-dealkylation sites (tertiary alicyclic amines) is 1. The Balaban J connectivity index is 1.79. The summed E-state index contributed by atoms with van der Waals surface area (Å²) < 4.78 is 6.49. The Bertz CT molecular complexity index is 482. The lowest BCUT2D eigenvalue weighted by molar-refractivity contribution is -0.0303. The molecule has 1 amide bonds. The predicted octanol–water partition coefficient (Wildman–Crippen LogP) is 3.11. The van der Waals surface area contributed by atoms with E-state index in [1.165, 1.54) is 0 Å². The fraction of sp³-hybridized carbons (Fsp3) is 0.462. The number of hydrogen-bond acceptors (Lipinski definition) is 2. The topological polar surface area (TPSA) is 29.5 Å². The minimum Gasteiger partial charge on any atom is -0.371 e. The second-order valence-electron chi connectivity index (χ2n) is 4.80. The van der Waals surface area contributed by atoms with E-state index in [1.54, 1.807) is 18.2 Å². The van der Waals surface area contributed by atoms with Gasteiger partial charge in [-0.15, -0.1) is 0 Å². The maximum absolute atomic E-state index is 12.4. The van der Waals surface area contributed by atoms with Gasteiger partial charge in [-0.3, -0.25) is 4.79 Å². The SMILES string of the molecule is O=C(c1ccc(Cl)c(Br)c1)N1CC2CCC(C1)O2. The van der Waals surface area contributed by atoms with Gasteiger partial charge in [0.25, 0.3) is 5.91 Å². The molecule has 0 N–H and O–H groups in total. The Hall–Kier alpha value is -0.580. The molecule has 2 saturated heterocycles. The zero-order valence-corrected chi connectivity index (χ0v) is 12.1. The number of benzene rings is 1. The highest BCUT2D eigenvalue weighted by molar-refractivity contribution is 9.10. The van der Waals surface area contributed by atoms with Gasteiger partial charge in [0.05, 0.1) is 17.2 Å². The number of carbonyl (C=O) groups is 1. The maximum Gasteiger partial charge on any atom is 0.254 e. The van der Waals surface area contributed by atoms with Crippen molar-refractivity contribution in [2.24, 2.45) is 0 Å². The number of rotatable bonds is 1. The Morgan fingerprint density at radius 2 is 2.00 bits per heavy atom. The average molecular weight is 331 g/mol. The summed E-state index contributed by atoms with van der Waals surface area (Å²) in [5.74, 6) is 0.0626. The molecule has 2 heterocycles. The van der Waals surface area contributed by atoms with Crippen LogP contribution in [0.1, 0.15) is 23.2 Å². The molecule has 2 fully saturated rings. The average Bonchev–Trinajstić information content (AvgIpc) is 2.71. The van der Waals surface area contributed by atoms with E-state index in [-0.39, 0.29) is 18.1 Å². The molecule has 0 aliphatic carbocycles. The molecule has 3 rings (SSSR count). The minimum atomic E-state index is 0.0626. The van der Waals surface area contributed by atoms with Crippen LogP contribution >= 0.6 is 27.5 Å². The van der Waals surface area contributed by atoms with Gasteiger partial charge >= 0.3 is 0 Å². The third kappa shape index (κ3) is 2.29. The predicted molar refractivity (Wildman–Crippen MR) is 73.0 cm³/mol. The number of carbonyl (C=O) groups excluding carboxylic acids is 1. The van der Waals surface area contributed by atoms with Crippen LogP contribution in [0.15, 0.2) is 22.7 Å². The third-order valence-corrected chi connectivity index (χ3v) is 4.71. The Morgan fingerprint density at radius 1 is 1.33 bits per heavy atom. The van der Waals surface area contributed by atoms with Crippen molar-refractivity contribution in [3.63, 3.8) is 0 Å². The summed E-state index contributed by atoms with van der Waals surface area (Å²) >= 11 is 9.28. The highest BCUT2D eigenvalue weighted by Gasteiger charge is 2.35. The molecule has 0 spiro atoms. The molecule has 2 unspecified atom stereocenters. The van der Waals surface area contributed by atoms with Crippen LogP contribution in [0, 0.1) is 0 Å². The number of halogens is 2. The molecule has 1 aromatic carbocycles. The summed E-state index contributed by atoms with van der Waals surface area (Å²) in [5.41, 5.74) is 0.674. The number of hydrogen-bond donors (Lipinski definition) is 0. The van der Waals surface area contributed by atoms with Gasteiger partial charge in [-0.1, -0.05) is 11.6 Å². The molecule has 5 heteroatoms. The van der Waals surface area contributed by atoms with E-state index in [2.05, 4.69) is 15.9 Å². The first-order valence-corrected chi connectivity index (χ1v) is 7.20. The summed E-state index contributed by atoms with van der Waals surface area (Å²) in [6.07, 6.45) is 2.59. The molecule has 0 aromatic heterocycles. The van der Waals surface area contributed by atoms with E-state index in [0.29, 0.717) is 23.7 Å². The Labute approximate surface area is 119 Å². The molecule has 2 aliphatic heterocycles. The third-order valence-electron chi connectivity index (χ3n) is 3.50. The quantitative estimate of drug-likeness (QED) is 0.792. The molecule has 0 saturated carbocycles. The van der Waals surface area contributed by atoms with Crippen molar-refractivity contribution in [3.05, 3.63) is 33.3 Å². The fourth-order valence-electron chi connectivity index (χ4n) is 2.59. The van der Waals surface area contributed by atoms with Crippen LogP contribution in [0.3, 0.4) is 0 Å². The zero-order valence-electron chi connectivity index (χ0n) is 9.73. The lowest BCUT2D eigenvalue weighted by Gasteiger charge is -2.32. The first kappa shape index (κ1) is 12.5. The summed E-state index contributed by atoms with van der Waals surface area (Å²) in [6.45, 7) is 1.41. The molecule has 18 heavy (non-hydrogen) atoms. The lowest BCUT2D eigenvalue weighted by atomic mass is 10.2. The van der Waals surface area contributed by atoms with Gasteiger partial charge < -0.3 is 9.64 Å². The largest absolute Gasteiger partial charge is 0.371 e. The normalized spacial score (nSPS) is 26.4. The standard InChI is InChI=1S/C13H13BrClNO2/c14-11-5-8(1-4-12(11)15)13(17)16-6-9-2-3-10(7-16)18-9/h1,4-5,9-10H,2-3,6-7H2. The van der Waals surface area contributed by atoms with Crippen LogP contribution in [0.5, 0.6) is 0 Å². The van der Waals surface area contributed by atoms with Gasteiger partial charge in [0.2, 0.25) is 0 Å². The molecule has 0 radical (unpaired) electrons. The molecular weight excluding hydrogens is 318 g/mol. The lowest BCUT2D eigenvalue weighted by Crippen LogP contribution is -2.45. The zero-order chi connectivity index (χ0) is 12.7. The van der Waals surface area contributed by atoms with Crippen LogP contribution in [0.4, 0.5) is 0 Å². The molecule has 1 aromatic rings. The van der Waals surface area contributed by atoms with E-state index in [9.17, 15) is 4.79 Å². The fourth-order valence-corrected chi connectivity index (χ4v) is 3.09. The van der Waals surface area contributed by atoms with Crippen LogP contribution < -0.4 is 0 Å². The molecule has 3 nitrogen and oxygen atoms in total.